The maximum absolute atomic E-state index is 12.5. The third kappa shape index (κ3) is 30.3. The molecule has 0 aromatic heterocycles. The van der Waals surface area contributed by atoms with Crippen LogP contribution in [-0.2, 0) is 28.6 Å². The molecule has 0 aliphatic rings. The number of carboxylic acid groups (broad SMARTS) is 1. The summed E-state index contributed by atoms with van der Waals surface area (Å²) < 4.78 is 16.9. The van der Waals surface area contributed by atoms with E-state index in [0.29, 0.717) is 19.3 Å². The first-order valence-corrected chi connectivity index (χ1v) is 18.3. The zero-order valence-corrected chi connectivity index (χ0v) is 31.5. The summed E-state index contributed by atoms with van der Waals surface area (Å²) in [5.74, 6) is -1.69. The van der Waals surface area contributed by atoms with E-state index in [1.807, 2.05) is 45.4 Å². The van der Waals surface area contributed by atoms with Gasteiger partial charge < -0.3 is 23.8 Å². The molecule has 2 atom stereocenters. The second kappa shape index (κ2) is 32.5. The summed E-state index contributed by atoms with van der Waals surface area (Å²) in [6.07, 6.45) is 42.3. The van der Waals surface area contributed by atoms with Gasteiger partial charge in [0.2, 0.25) is 0 Å². The van der Waals surface area contributed by atoms with Crippen molar-refractivity contribution in [2.45, 2.75) is 109 Å². The van der Waals surface area contributed by atoms with E-state index in [0.717, 1.165) is 51.4 Å². The maximum atomic E-state index is 12.5. The lowest BCUT2D eigenvalue weighted by Crippen LogP contribution is -2.50. The molecule has 0 amide bonds. The number of nitrogens with zero attached hydrogens (tertiary/aromatic N) is 1. The summed E-state index contributed by atoms with van der Waals surface area (Å²) in [5.41, 5.74) is 0. The van der Waals surface area contributed by atoms with Crippen molar-refractivity contribution in [1.29, 1.82) is 0 Å². The summed E-state index contributed by atoms with van der Waals surface area (Å²) in [7, 11) is 5.45. The third-order valence-corrected chi connectivity index (χ3v) is 7.26. The molecule has 0 saturated carbocycles. The van der Waals surface area contributed by atoms with Crippen molar-refractivity contribution in [1.82, 2.24) is 0 Å². The van der Waals surface area contributed by atoms with E-state index in [2.05, 4.69) is 86.8 Å². The van der Waals surface area contributed by atoms with Crippen LogP contribution in [0.25, 0.3) is 0 Å². The van der Waals surface area contributed by atoms with E-state index < -0.39 is 24.1 Å². The second-order valence-electron chi connectivity index (χ2n) is 12.7. The van der Waals surface area contributed by atoms with Crippen LogP contribution >= 0.6 is 0 Å². The lowest BCUT2D eigenvalue weighted by molar-refractivity contribution is -0.887. The Morgan fingerprint density at radius 1 is 0.580 bits per heavy atom. The van der Waals surface area contributed by atoms with Crippen molar-refractivity contribution in [2.75, 3.05) is 41.0 Å². The number of ether oxygens (including phenoxy) is 3. The molecule has 0 rings (SSSR count). The zero-order valence-electron chi connectivity index (χ0n) is 31.5. The number of esters is 2. The number of hydrogen-bond acceptors (Lipinski definition) is 6. The first-order valence-electron chi connectivity index (χ1n) is 18.3. The topological polar surface area (TPSA) is 99.1 Å². The largest absolute Gasteiger partial charge is 0.477 e. The van der Waals surface area contributed by atoms with Crippen LogP contribution in [0, 0.1) is 0 Å². The predicted octanol–water partition coefficient (Wildman–Crippen LogP) is 9.18. The highest BCUT2D eigenvalue weighted by Gasteiger charge is 2.31. The molecule has 0 aliphatic carbocycles. The highest BCUT2D eigenvalue weighted by atomic mass is 16.6. The lowest BCUT2D eigenvalue weighted by Gasteiger charge is -2.31. The highest BCUT2D eigenvalue weighted by Crippen LogP contribution is 2.10. The Labute approximate surface area is 303 Å². The van der Waals surface area contributed by atoms with Crippen LogP contribution < -0.4 is 0 Å². The van der Waals surface area contributed by atoms with E-state index >= 15 is 0 Å². The average Bonchev–Trinajstić information content (AvgIpc) is 3.06. The van der Waals surface area contributed by atoms with Gasteiger partial charge in [0.15, 0.2) is 12.1 Å². The van der Waals surface area contributed by atoms with E-state index in [9.17, 15) is 19.5 Å². The summed E-state index contributed by atoms with van der Waals surface area (Å²) in [6.45, 7) is 4.28. The fourth-order valence-electron chi connectivity index (χ4n) is 4.47. The lowest BCUT2D eigenvalue weighted by atomic mass is 10.1. The van der Waals surface area contributed by atoms with Gasteiger partial charge in [-0.3, -0.25) is 9.59 Å². The standard InChI is InChI=1S/C42H65NO7/c1-6-8-10-12-14-15-16-17-18-19-20-21-22-23-24-25-27-28-30-32-40(44)49-37-38(36-48-35-34-39(42(46)47)43(3,4)5)50-41(45)33-31-29-26-13-11-9-7-2/h8-11,14-15,17-18,20-21,23-24,26-29,38-39H,6-7,12-13,16,19,22,25,30-37H2,1-5H3/p+1/b10-8+,11-9+,15-14+,18-17+,21-20+,24-23+,28-27+,29-26+. The van der Waals surface area contributed by atoms with Gasteiger partial charge in [-0.15, -0.1) is 0 Å². The molecule has 0 aliphatic heterocycles. The van der Waals surface area contributed by atoms with Crippen molar-refractivity contribution in [3.8, 4) is 0 Å². The van der Waals surface area contributed by atoms with Crippen LogP contribution in [0.5, 0.6) is 0 Å². The van der Waals surface area contributed by atoms with E-state index in [4.69, 9.17) is 14.2 Å². The highest BCUT2D eigenvalue weighted by molar-refractivity contribution is 5.72. The van der Waals surface area contributed by atoms with Crippen LogP contribution in [0.2, 0.25) is 0 Å². The Hall–Kier alpha value is -3.75. The Bertz CT molecular complexity index is 1140. The number of carboxylic acids is 1. The van der Waals surface area contributed by atoms with Gasteiger partial charge in [-0.25, -0.2) is 4.79 Å². The molecule has 8 nitrogen and oxygen atoms in total. The first kappa shape index (κ1) is 46.2. The molecule has 0 aromatic carbocycles. The van der Waals surface area contributed by atoms with Gasteiger partial charge in [0.25, 0.3) is 0 Å². The molecule has 0 fully saturated rings. The number of quaternary nitrogens is 1. The maximum Gasteiger partial charge on any atom is 0.362 e. The van der Waals surface area contributed by atoms with Crippen LogP contribution in [0.1, 0.15) is 97.3 Å². The molecular weight excluding hydrogens is 630 g/mol. The third-order valence-electron chi connectivity index (χ3n) is 7.26. The number of carbonyl (C=O) groups excluding carboxylic acids is 2. The molecule has 0 radical (unpaired) electrons. The van der Waals surface area contributed by atoms with Gasteiger partial charge >= 0.3 is 17.9 Å². The van der Waals surface area contributed by atoms with Gasteiger partial charge in [-0.1, -0.05) is 111 Å². The van der Waals surface area contributed by atoms with Gasteiger partial charge in [0.05, 0.1) is 34.4 Å². The minimum absolute atomic E-state index is 0.00725. The van der Waals surface area contributed by atoms with Gasteiger partial charge in [-0.2, -0.15) is 0 Å². The molecule has 0 heterocycles. The monoisotopic (exact) mass is 696 g/mol. The van der Waals surface area contributed by atoms with Crippen LogP contribution in [0.15, 0.2) is 97.2 Å². The Balaban J connectivity index is 4.52. The number of rotatable bonds is 30. The summed E-state index contributed by atoms with van der Waals surface area (Å²) in [4.78, 5) is 36.5. The first-order chi connectivity index (χ1) is 24.1. The van der Waals surface area contributed by atoms with E-state index in [1.54, 1.807) is 0 Å². The van der Waals surface area contributed by atoms with E-state index in [-0.39, 0.29) is 43.1 Å². The van der Waals surface area contributed by atoms with Crippen LogP contribution in [0.3, 0.4) is 0 Å². The molecular formula is C42H66NO7+. The predicted molar refractivity (Wildman–Crippen MR) is 206 cm³/mol. The number of likely N-dealkylation sites (N-methyl/N-ethyl adjacent to an activating group) is 1. The van der Waals surface area contributed by atoms with Crippen molar-refractivity contribution in [3.63, 3.8) is 0 Å². The van der Waals surface area contributed by atoms with Crippen molar-refractivity contribution in [3.05, 3.63) is 97.2 Å². The number of allylic oxidation sites excluding steroid dienone is 16. The summed E-state index contributed by atoms with van der Waals surface area (Å²) in [6, 6.07) is -0.637. The normalized spacial score (nSPS) is 14.2. The average molecular weight is 697 g/mol. The van der Waals surface area contributed by atoms with Crippen molar-refractivity contribution >= 4 is 17.9 Å². The quantitative estimate of drug-likeness (QED) is 0.0346. The number of carbonyl (C=O) groups is 3. The SMILES string of the molecule is CC/C=C/C/C=C/C/C=C/C/C=C/C/C=C/C/C=C/CCC(=O)OCC(COCCC(C(=O)O)[N+](C)(C)C)OC(=O)CC/C=C/C/C=C/CC. The van der Waals surface area contributed by atoms with Gasteiger partial charge in [-0.05, 0) is 64.2 Å². The molecule has 0 saturated heterocycles. The minimum atomic E-state index is -0.900. The molecule has 2 unspecified atom stereocenters. The Morgan fingerprint density at radius 3 is 1.38 bits per heavy atom. The fraction of sp³-hybridized carbons (Fsp3) is 0.548. The molecule has 0 bridgehead atoms. The van der Waals surface area contributed by atoms with Gasteiger partial charge in [0, 0.05) is 19.3 Å². The van der Waals surface area contributed by atoms with Crippen molar-refractivity contribution < 1.29 is 38.2 Å². The number of aliphatic carboxylic acids is 1. The van der Waals surface area contributed by atoms with Gasteiger partial charge in [0.1, 0.15) is 6.61 Å². The smallest absolute Gasteiger partial charge is 0.362 e. The molecule has 0 spiro atoms. The summed E-state index contributed by atoms with van der Waals surface area (Å²) in [5, 5.41) is 9.55. The molecule has 280 valence electrons. The second-order valence-corrected chi connectivity index (χ2v) is 12.7. The van der Waals surface area contributed by atoms with Crippen LogP contribution in [-0.4, -0.2) is 80.6 Å². The molecule has 8 heteroatoms. The Morgan fingerprint density at radius 2 is 0.980 bits per heavy atom. The zero-order chi connectivity index (χ0) is 37.1. The molecule has 0 aromatic rings. The van der Waals surface area contributed by atoms with Crippen LogP contribution in [0.4, 0.5) is 0 Å². The Kier molecular flexibility index (Phi) is 30.0. The summed E-state index contributed by atoms with van der Waals surface area (Å²) >= 11 is 0. The molecule has 50 heavy (non-hydrogen) atoms. The molecule has 1 N–H and O–H groups in total. The fourth-order valence-corrected chi connectivity index (χ4v) is 4.47. The minimum Gasteiger partial charge on any atom is -0.477 e. The van der Waals surface area contributed by atoms with E-state index in [1.165, 1.54) is 0 Å². The number of hydrogen-bond donors (Lipinski definition) is 1. The van der Waals surface area contributed by atoms with Crippen molar-refractivity contribution in [2.24, 2.45) is 0 Å².